The molecule has 0 radical (unpaired) electrons. The van der Waals surface area contributed by atoms with Gasteiger partial charge in [0.1, 0.15) is 0 Å². The molecule has 0 aromatic heterocycles. The topological polar surface area (TPSA) is 87.3 Å². The molecule has 3 rings (SSSR count). The van der Waals surface area contributed by atoms with Crippen molar-refractivity contribution in [3.05, 3.63) is 65.7 Å². The minimum Gasteiger partial charge on any atom is -0.348 e. The van der Waals surface area contributed by atoms with Gasteiger partial charge in [-0.05, 0) is 30.5 Å². The number of nitrogens with one attached hydrogen (secondary N) is 3. The van der Waals surface area contributed by atoms with Crippen LogP contribution in [0.3, 0.4) is 0 Å². The van der Waals surface area contributed by atoms with E-state index in [1.807, 2.05) is 30.3 Å². The van der Waals surface area contributed by atoms with E-state index in [0.29, 0.717) is 17.8 Å². The summed E-state index contributed by atoms with van der Waals surface area (Å²) < 4.78 is 0. The van der Waals surface area contributed by atoms with Crippen LogP contribution in [0, 0.1) is 0 Å². The number of carbonyl (C=O) groups excluding carboxylic acids is 3. The van der Waals surface area contributed by atoms with Gasteiger partial charge in [-0.1, -0.05) is 61.7 Å². The minimum atomic E-state index is -0.756. The summed E-state index contributed by atoms with van der Waals surface area (Å²) in [6.07, 6.45) is 5.10. The lowest BCUT2D eigenvalue weighted by Gasteiger charge is -2.22. The predicted octanol–water partition coefficient (Wildman–Crippen LogP) is 3.00. The van der Waals surface area contributed by atoms with E-state index in [9.17, 15) is 14.4 Å². The number of para-hydroxylation sites is 1. The molecule has 6 nitrogen and oxygen atoms in total. The van der Waals surface area contributed by atoms with Gasteiger partial charge in [-0.15, -0.1) is 0 Å². The highest BCUT2D eigenvalue weighted by Gasteiger charge is 2.22. The highest BCUT2D eigenvalue weighted by Crippen LogP contribution is 2.18. The van der Waals surface area contributed by atoms with Gasteiger partial charge in [0.25, 0.3) is 5.91 Å². The first kappa shape index (κ1) is 19.6. The Morgan fingerprint density at radius 2 is 1.50 bits per heavy atom. The van der Waals surface area contributed by atoms with Crippen LogP contribution >= 0.6 is 0 Å². The number of hydrogen-bond acceptors (Lipinski definition) is 3. The first-order valence-electron chi connectivity index (χ1n) is 9.66. The van der Waals surface area contributed by atoms with Gasteiger partial charge in [-0.2, -0.15) is 0 Å². The van der Waals surface area contributed by atoms with E-state index in [1.54, 1.807) is 24.3 Å². The second-order valence-corrected chi connectivity index (χ2v) is 6.98. The Morgan fingerprint density at radius 3 is 2.25 bits per heavy atom. The Bertz CT molecular complexity index is 830. The number of carbonyl (C=O) groups is 3. The Kier molecular flexibility index (Phi) is 6.78. The molecule has 28 heavy (non-hydrogen) atoms. The number of anilines is 1. The van der Waals surface area contributed by atoms with Gasteiger partial charge in [0.15, 0.2) is 0 Å². The van der Waals surface area contributed by atoms with E-state index < -0.39 is 11.8 Å². The van der Waals surface area contributed by atoms with Crippen molar-refractivity contribution in [2.24, 2.45) is 0 Å². The average molecular weight is 379 g/mol. The molecule has 3 amide bonds. The lowest BCUT2D eigenvalue weighted by Crippen LogP contribution is -2.42. The molecule has 0 heterocycles. The Morgan fingerprint density at radius 1 is 0.821 bits per heavy atom. The standard InChI is InChI=1S/C22H25N3O3/c26-20(23-15-16-9-3-1-4-10-16)18-13-7-8-14-19(18)25-22(28)21(27)24-17-11-5-2-6-12-17/h1,3-4,7-10,13-14,17H,2,5-6,11-12,15H2,(H,23,26)(H,24,27)(H,25,28). The lowest BCUT2D eigenvalue weighted by molar-refractivity contribution is -0.136. The molecule has 0 saturated heterocycles. The monoisotopic (exact) mass is 379 g/mol. The summed E-state index contributed by atoms with van der Waals surface area (Å²) in [7, 11) is 0. The van der Waals surface area contributed by atoms with Crippen LogP contribution in [0.2, 0.25) is 0 Å². The van der Waals surface area contributed by atoms with Crippen molar-refractivity contribution in [2.75, 3.05) is 5.32 Å². The van der Waals surface area contributed by atoms with Crippen molar-refractivity contribution in [3.8, 4) is 0 Å². The molecule has 0 spiro atoms. The van der Waals surface area contributed by atoms with Crippen molar-refractivity contribution < 1.29 is 14.4 Å². The molecular formula is C22H25N3O3. The van der Waals surface area contributed by atoms with Gasteiger partial charge in [0.2, 0.25) is 0 Å². The van der Waals surface area contributed by atoms with Crippen LogP contribution in [0.5, 0.6) is 0 Å². The molecule has 0 unspecified atom stereocenters. The third-order valence-electron chi connectivity index (χ3n) is 4.86. The van der Waals surface area contributed by atoms with Crippen molar-refractivity contribution in [3.63, 3.8) is 0 Å². The van der Waals surface area contributed by atoms with Gasteiger partial charge < -0.3 is 16.0 Å². The maximum atomic E-state index is 12.5. The Hall–Kier alpha value is -3.15. The summed E-state index contributed by atoms with van der Waals surface area (Å²) in [4.78, 5) is 37.0. The average Bonchev–Trinajstić information content (AvgIpc) is 2.74. The third kappa shape index (κ3) is 5.42. The summed E-state index contributed by atoms with van der Waals surface area (Å²) in [6.45, 7) is 0.379. The SMILES string of the molecule is O=C(Nc1ccccc1C(=O)NCc1ccccc1)C(=O)NC1CCCCC1. The van der Waals surface area contributed by atoms with E-state index in [2.05, 4.69) is 16.0 Å². The molecule has 2 aromatic rings. The fourth-order valence-electron chi connectivity index (χ4n) is 3.34. The zero-order valence-electron chi connectivity index (χ0n) is 15.7. The van der Waals surface area contributed by atoms with E-state index in [0.717, 1.165) is 31.2 Å². The first-order chi connectivity index (χ1) is 13.6. The Labute approximate surface area is 164 Å². The molecule has 2 aromatic carbocycles. The zero-order chi connectivity index (χ0) is 19.8. The highest BCUT2D eigenvalue weighted by atomic mass is 16.2. The van der Waals surface area contributed by atoms with Crippen molar-refractivity contribution in [1.82, 2.24) is 10.6 Å². The van der Waals surface area contributed by atoms with Crippen LogP contribution in [0.1, 0.15) is 48.0 Å². The van der Waals surface area contributed by atoms with Gasteiger partial charge in [-0.3, -0.25) is 14.4 Å². The molecule has 1 saturated carbocycles. The summed E-state index contributed by atoms with van der Waals surface area (Å²) in [5.74, 6) is -1.73. The number of benzene rings is 2. The van der Waals surface area contributed by atoms with E-state index in [4.69, 9.17) is 0 Å². The Balaban J connectivity index is 1.60. The summed E-state index contributed by atoms with van der Waals surface area (Å²) >= 11 is 0. The fraction of sp³-hybridized carbons (Fsp3) is 0.318. The molecule has 6 heteroatoms. The van der Waals surface area contributed by atoms with Gasteiger partial charge in [0, 0.05) is 12.6 Å². The van der Waals surface area contributed by atoms with E-state index in [1.165, 1.54) is 6.42 Å². The summed E-state index contributed by atoms with van der Waals surface area (Å²) in [6, 6.07) is 16.3. The number of amides is 3. The summed E-state index contributed by atoms with van der Waals surface area (Å²) in [5.41, 5.74) is 1.61. The largest absolute Gasteiger partial charge is 0.348 e. The van der Waals surface area contributed by atoms with Crippen LogP contribution in [0.4, 0.5) is 5.69 Å². The van der Waals surface area contributed by atoms with Crippen LogP contribution in [0.15, 0.2) is 54.6 Å². The lowest BCUT2D eigenvalue weighted by atomic mass is 9.95. The van der Waals surface area contributed by atoms with Crippen LogP contribution < -0.4 is 16.0 Å². The van der Waals surface area contributed by atoms with Crippen molar-refractivity contribution >= 4 is 23.4 Å². The second kappa shape index (κ2) is 9.69. The van der Waals surface area contributed by atoms with Gasteiger partial charge in [0.05, 0.1) is 11.3 Å². The molecule has 1 aliphatic carbocycles. The van der Waals surface area contributed by atoms with Crippen LogP contribution in [0.25, 0.3) is 0 Å². The maximum absolute atomic E-state index is 12.5. The normalized spacial score (nSPS) is 14.1. The third-order valence-corrected chi connectivity index (χ3v) is 4.86. The van der Waals surface area contributed by atoms with Crippen LogP contribution in [-0.2, 0) is 16.1 Å². The molecule has 3 N–H and O–H groups in total. The summed E-state index contributed by atoms with van der Waals surface area (Å²) in [5, 5.41) is 8.18. The van der Waals surface area contributed by atoms with Gasteiger partial charge in [-0.25, -0.2) is 0 Å². The van der Waals surface area contributed by atoms with Crippen molar-refractivity contribution in [1.29, 1.82) is 0 Å². The quantitative estimate of drug-likeness (QED) is 0.698. The van der Waals surface area contributed by atoms with Gasteiger partial charge >= 0.3 is 11.8 Å². The van der Waals surface area contributed by atoms with E-state index in [-0.39, 0.29) is 11.9 Å². The molecule has 146 valence electrons. The number of rotatable bonds is 5. The second-order valence-electron chi connectivity index (χ2n) is 6.98. The number of hydrogen-bond donors (Lipinski definition) is 3. The van der Waals surface area contributed by atoms with E-state index >= 15 is 0 Å². The maximum Gasteiger partial charge on any atom is 0.313 e. The molecule has 1 fully saturated rings. The smallest absolute Gasteiger partial charge is 0.313 e. The highest BCUT2D eigenvalue weighted by molar-refractivity contribution is 6.40. The predicted molar refractivity (Wildman–Crippen MR) is 108 cm³/mol. The molecule has 0 atom stereocenters. The molecule has 0 aliphatic heterocycles. The molecule has 1 aliphatic rings. The molecule has 0 bridgehead atoms. The first-order valence-corrected chi connectivity index (χ1v) is 9.66. The fourth-order valence-corrected chi connectivity index (χ4v) is 3.34. The molecular weight excluding hydrogens is 354 g/mol. The van der Waals surface area contributed by atoms with Crippen LogP contribution in [-0.4, -0.2) is 23.8 Å². The van der Waals surface area contributed by atoms with Crippen molar-refractivity contribution in [2.45, 2.75) is 44.7 Å². The zero-order valence-corrected chi connectivity index (χ0v) is 15.7. The minimum absolute atomic E-state index is 0.0522.